The fraction of sp³-hybridized carbons (Fsp3) is 0.357. The van der Waals surface area contributed by atoms with Crippen LogP contribution in [0.3, 0.4) is 0 Å². The number of aromatic hydroxyl groups is 1. The van der Waals surface area contributed by atoms with Gasteiger partial charge in [0.25, 0.3) is 0 Å². The summed E-state index contributed by atoms with van der Waals surface area (Å²) >= 11 is 0. The van der Waals surface area contributed by atoms with Crippen molar-refractivity contribution in [2.24, 2.45) is 0 Å². The van der Waals surface area contributed by atoms with Crippen LogP contribution in [0, 0.1) is 0 Å². The van der Waals surface area contributed by atoms with Crippen molar-refractivity contribution < 1.29 is 9.90 Å². The highest BCUT2D eigenvalue weighted by molar-refractivity contribution is 6.04. The predicted molar refractivity (Wildman–Crippen MR) is 64.2 cm³/mol. The van der Waals surface area contributed by atoms with E-state index in [0.717, 1.165) is 36.0 Å². The van der Waals surface area contributed by atoms with Crippen molar-refractivity contribution in [2.75, 3.05) is 0 Å². The number of phenolic OH excluding ortho intramolecular Hbond substituents is 1. The third-order valence-electron chi connectivity index (χ3n) is 3.08. The molecule has 1 aromatic rings. The second-order valence-corrected chi connectivity index (χ2v) is 4.14. The van der Waals surface area contributed by atoms with Crippen LogP contribution in [0.5, 0.6) is 5.75 Å². The molecule has 0 radical (unpaired) electrons. The van der Waals surface area contributed by atoms with E-state index in [4.69, 9.17) is 0 Å². The Hall–Kier alpha value is -1.57. The van der Waals surface area contributed by atoms with Crippen LogP contribution in [0.4, 0.5) is 0 Å². The van der Waals surface area contributed by atoms with E-state index in [-0.39, 0.29) is 11.5 Å². The average Bonchev–Trinajstić information content (AvgIpc) is 2.28. The van der Waals surface area contributed by atoms with Crippen molar-refractivity contribution in [2.45, 2.75) is 32.6 Å². The minimum Gasteiger partial charge on any atom is -0.508 e. The molecule has 84 valence electrons. The molecule has 0 spiro atoms. The molecule has 0 bridgehead atoms. The Labute approximate surface area is 95.6 Å². The van der Waals surface area contributed by atoms with Crippen LogP contribution >= 0.6 is 0 Å². The Balaban J connectivity index is 2.48. The molecule has 2 rings (SSSR count). The Morgan fingerprint density at radius 1 is 1.31 bits per heavy atom. The number of carbonyl (C=O) groups excluding carboxylic acids is 1. The third-order valence-corrected chi connectivity index (χ3v) is 3.08. The zero-order valence-electron chi connectivity index (χ0n) is 9.49. The van der Waals surface area contributed by atoms with Crippen molar-refractivity contribution in [1.82, 2.24) is 0 Å². The lowest BCUT2D eigenvalue weighted by molar-refractivity contribution is -0.116. The van der Waals surface area contributed by atoms with E-state index in [2.05, 4.69) is 0 Å². The molecule has 0 saturated carbocycles. The van der Waals surface area contributed by atoms with Crippen molar-refractivity contribution >= 4 is 11.4 Å². The molecule has 0 saturated heterocycles. The van der Waals surface area contributed by atoms with Gasteiger partial charge in [0.05, 0.1) is 0 Å². The highest BCUT2D eigenvalue weighted by Crippen LogP contribution is 2.33. The van der Waals surface area contributed by atoms with Gasteiger partial charge in [0, 0.05) is 6.42 Å². The standard InChI is InChI=1S/C14H16O2/c1-2-12-13(7-4-8-14(12)16)10-5-3-6-11(15)9-10/h3,5-6,9,15H,2,4,7-8H2,1H3. The molecule has 0 fully saturated rings. The lowest BCUT2D eigenvalue weighted by Crippen LogP contribution is -2.10. The summed E-state index contributed by atoms with van der Waals surface area (Å²) in [5.41, 5.74) is 3.05. The van der Waals surface area contributed by atoms with Gasteiger partial charge < -0.3 is 5.11 Å². The van der Waals surface area contributed by atoms with E-state index in [1.807, 2.05) is 19.1 Å². The number of Topliss-reactive ketones (excluding diaryl/α,β-unsaturated/α-hetero) is 1. The number of benzene rings is 1. The highest BCUT2D eigenvalue weighted by atomic mass is 16.3. The molecular weight excluding hydrogens is 200 g/mol. The van der Waals surface area contributed by atoms with E-state index in [1.54, 1.807) is 12.1 Å². The van der Waals surface area contributed by atoms with Crippen LogP contribution in [-0.2, 0) is 4.79 Å². The molecule has 0 amide bonds. The van der Waals surface area contributed by atoms with Gasteiger partial charge in [0.1, 0.15) is 5.75 Å². The van der Waals surface area contributed by atoms with E-state index in [9.17, 15) is 9.90 Å². The Morgan fingerprint density at radius 2 is 2.12 bits per heavy atom. The predicted octanol–water partition coefficient (Wildman–Crippen LogP) is 3.31. The summed E-state index contributed by atoms with van der Waals surface area (Å²) in [6.07, 6.45) is 3.32. The van der Waals surface area contributed by atoms with Gasteiger partial charge in [-0.3, -0.25) is 4.79 Å². The van der Waals surface area contributed by atoms with Gasteiger partial charge >= 0.3 is 0 Å². The number of allylic oxidation sites excluding steroid dienone is 2. The van der Waals surface area contributed by atoms with Crippen LogP contribution in [0.2, 0.25) is 0 Å². The number of hydrogen-bond acceptors (Lipinski definition) is 2. The fourth-order valence-corrected chi connectivity index (χ4v) is 2.32. The molecule has 2 nitrogen and oxygen atoms in total. The van der Waals surface area contributed by atoms with Crippen molar-refractivity contribution in [3.63, 3.8) is 0 Å². The fourth-order valence-electron chi connectivity index (χ4n) is 2.32. The number of carbonyl (C=O) groups is 1. The zero-order valence-corrected chi connectivity index (χ0v) is 9.49. The molecule has 0 heterocycles. The van der Waals surface area contributed by atoms with Gasteiger partial charge in [-0.15, -0.1) is 0 Å². The van der Waals surface area contributed by atoms with Crippen LogP contribution in [0.1, 0.15) is 38.2 Å². The molecule has 0 unspecified atom stereocenters. The topological polar surface area (TPSA) is 37.3 Å². The van der Waals surface area contributed by atoms with Gasteiger partial charge in [-0.25, -0.2) is 0 Å². The van der Waals surface area contributed by atoms with Crippen LogP contribution in [0.25, 0.3) is 5.57 Å². The smallest absolute Gasteiger partial charge is 0.159 e. The molecule has 0 atom stereocenters. The molecule has 16 heavy (non-hydrogen) atoms. The summed E-state index contributed by atoms with van der Waals surface area (Å²) in [6, 6.07) is 7.18. The summed E-state index contributed by atoms with van der Waals surface area (Å²) in [7, 11) is 0. The monoisotopic (exact) mass is 216 g/mol. The average molecular weight is 216 g/mol. The van der Waals surface area contributed by atoms with E-state index in [0.29, 0.717) is 6.42 Å². The Morgan fingerprint density at radius 3 is 2.81 bits per heavy atom. The summed E-state index contributed by atoms with van der Waals surface area (Å²) < 4.78 is 0. The third kappa shape index (κ3) is 2.01. The first-order valence-electron chi connectivity index (χ1n) is 5.77. The second-order valence-electron chi connectivity index (χ2n) is 4.14. The highest BCUT2D eigenvalue weighted by Gasteiger charge is 2.19. The summed E-state index contributed by atoms with van der Waals surface area (Å²) in [4.78, 5) is 11.8. The van der Waals surface area contributed by atoms with Gasteiger partial charge in [-0.2, -0.15) is 0 Å². The number of phenols is 1. The first-order chi connectivity index (χ1) is 7.72. The first kappa shape index (κ1) is 10.9. The normalized spacial score (nSPS) is 16.7. The minimum atomic E-state index is 0.262. The number of ketones is 1. The van der Waals surface area contributed by atoms with Crippen molar-refractivity contribution in [3.8, 4) is 5.75 Å². The van der Waals surface area contributed by atoms with Gasteiger partial charge in [-0.1, -0.05) is 19.1 Å². The molecule has 1 aliphatic carbocycles. The second kappa shape index (κ2) is 4.52. The van der Waals surface area contributed by atoms with Gasteiger partial charge in [0.15, 0.2) is 5.78 Å². The summed E-state index contributed by atoms with van der Waals surface area (Å²) in [6.45, 7) is 2.02. The van der Waals surface area contributed by atoms with E-state index >= 15 is 0 Å². The first-order valence-corrected chi connectivity index (χ1v) is 5.77. The minimum absolute atomic E-state index is 0.262. The summed E-state index contributed by atoms with van der Waals surface area (Å²) in [5.74, 6) is 0.533. The van der Waals surface area contributed by atoms with Crippen molar-refractivity contribution in [1.29, 1.82) is 0 Å². The largest absolute Gasteiger partial charge is 0.508 e. The van der Waals surface area contributed by atoms with E-state index in [1.165, 1.54) is 0 Å². The van der Waals surface area contributed by atoms with E-state index < -0.39 is 0 Å². The molecule has 0 aliphatic heterocycles. The quantitative estimate of drug-likeness (QED) is 0.823. The van der Waals surface area contributed by atoms with Gasteiger partial charge in [-0.05, 0) is 48.1 Å². The molecule has 1 N–H and O–H groups in total. The Bertz CT molecular complexity index is 444. The number of hydrogen-bond donors (Lipinski definition) is 1. The number of rotatable bonds is 2. The molecule has 0 aromatic heterocycles. The molecule has 2 heteroatoms. The maximum Gasteiger partial charge on any atom is 0.159 e. The molecule has 1 aromatic carbocycles. The lowest BCUT2D eigenvalue weighted by Gasteiger charge is -2.18. The maximum atomic E-state index is 11.8. The van der Waals surface area contributed by atoms with Crippen LogP contribution in [0.15, 0.2) is 29.8 Å². The van der Waals surface area contributed by atoms with Gasteiger partial charge in [0.2, 0.25) is 0 Å². The SMILES string of the molecule is CCC1=C(c2cccc(O)c2)CCCC1=O. The zero-order chi connectivity index (χ0) is 11.5. The van der Waals surface area contributed by atoms with Crippen LogP contribution < -0.4 is 0 Å². The molecule has 1 aliphatic rings. The molecular formula is C14H16O2. The lowest BCUT2D eigenvalue weighted by atomic mass is 9.85. The Kier molecular flexibility index (Phi) is 3.09. The van der Waals surface area contributed by atoms with Crippen LogP contribution in [-0.4, -0.2) is 10.9 Å². The maximum absolute atomic E-state index is 11.8. The summed E-state index contributed by atoms with van der Waals surface area (Å²) in [5, 5.41) is 9.46. The van der Waals surface area contributed by atoms with Crippen molar-refractivity contribution in [3.05, 3.63) is 35.4 Å².